The lowest BCUT2D eigenvalue weighted by Crippen LogP contribution is -2.09. The summed E-state index contributed by atoms with van der Waals surface area (Å²) in [6.07, 6.45) is 3.69. The third-order valence-electron chi connectivity index (χ3n) is 2.48. The molecule has 0 spiro atoms. The van der Waals surface area contributed by atoms with E-state index in [1.165, 1.54) is 0 Å². The van der Waals surface area contributed by atoms with Crippen molar-refractivity contribution >= 4 is 0 Å². The summed E-state index contributed by atoms with van der Waals surface area (Å²) < 4.78 is 12.1. The predicted octanol–water partition coefficient (Wildman–Crippen LogP) is 0.741. The highest BCUT2D eigenvalue weighted by Crippen LogP contribution is 2.08. The third-order valence-corrected chi connectivity index (χ3v) is 2.48. The van der Waals surface area contributed by atoms with Crippen LogP contribution in [-0.2, 0) is 16.0 Å². The van der Waals surface area contributed by atoms with Crippen LogP contribution in [0.3, 0.4) is 0 Å². The molecule has 0 saturated heterocycles. The molecule has 1 heterocycles. The summed E-state index contributed by atoms with van der Waals surface area (Å²) in [6.45, 7) is 4.82. The van der Waals surface area contributed by atoms with Crippen LogP contribution in [0.2, 0.25) is 0 Å². The Morgan fingerprint density at radius 3 is 2.94 bits per heavy atom. The highest BCUT2D eigenvalue weighted by atomic mass is 16.5. The summed E-state index contributed by atoms with van der Waals surface area (Å²) in [5.41, 5.74) is 6.72. The number of methoxy groups -OCH3 is 1. The average Bonchev–Trinajstić information content (AvgIpc) is 2.81. The molecule has 0 amide bonds. The maximum absolute atomic E-state index is 5.86. The number of nitrogens with two attached hydrogens (primary N) is 1. The van der Waals surface area contributed by atoms with Gasteiger partial charge in [-0.1, -0.05) is 12.1 Å². The van der Waals surface area contributed by atoms with E-state index in [4.69, 9.17) is 15.2 Å². The molecule has 6 nitrogen and oxygen atoms in total. The van der Waals surface area contributed by atoms with Crippen molar-refractivity contribution < 1.29 is 9.47 Å². The summed E-state index contributed by atoms with van der Waals surface area (Å²) in [4.78, 5) is 0. The number of ether oxygens (including phenoxy) is 2. The van der Waals surface area contributed by atoms with Crippen molar-refractivity contribution in [2.45, 2.75) is 32.4 Å². The van der Waals surface area contributed by atoms with Crippen LogP contribution < -0.4 is 5.73 Å². The minimum Gasteiger partial charge on any atom is -0.382 e. The lowest BCUT2D eigenvalue weighted by molar-refractivity contribution is 0.0676. The first-order valence-electron chi connectivity index (χ1n) is 6.00. The van der Waals surface area contributed by atoms with E-state index in [2.05, 4.69) is 10.3 Å². The molecule has 0 aliphatic heterocycles. The zero-order valence-corrected chi connectivity index (χ0v) is 10.6. The van der Waals surface area contributed by atoms with Crippen LogP contribution in [0, 0.1) is 0 Å². The van der Waals surface area contributed by atoms with Gasteiger partial charge >= 0.3 is 0 Å². The van der Waals surface area contributed by atoms with Crippen LogP contribution in [0.5, 0.6) is 0 Å². The highest BCUT2D eigenvalue weighted by molar-refractivity contribution is 4.98. The molecule has 1 unspecified atom stereocenters. The van der Waals surface area contributed by atoms with Crippen LogP contribution in [0.15, 0.2) is 6.20 Å². The Balaban J connectivity index is 2.16. The second-order valence-corrected chi connectivity index (χ2v) is 3.88. The second kappa shape index (κ2) is 8.16. The lowest BCUT2D eigenvalue weighted by Gasteiger charge is -2.03. The molecule has 1 aromatic heterocycles. The van der Waals surface area contributed by atoms with Gasteiger partial charge in [-0.15, -0.1) is 5.10 Å². The van der Waals surface area contributed by atoms with Crippen molar-refractivity contribution in [3.05, 3.63) is 11.9 Å². The van der Waals surface area contributed by atoms with Crippen molar-refractivity contribution in [1.82, 2.24) is 15.0 Å². The molecule has 1 atom stereocenters. The van der Waals surface area contributed by atoms with Crippen molar-refractivity contribution in [2.24, 2.45) is 5.73 Å². The number of aryl methyl sites for hydroxylation is 1. The second-order valence-electron chi connectivity index (χ2n) is 3.88. The summed E-state index contributed by atoms with van der Waals surface area (Å²) in [5, 5.41) is 8.07. The molecule has 1 rings (SSSR count). The molecule has 2 N–H and O–H groups in total. The molecule has 0 aromatic carbocycles. The van der Waals surface area contributed by atoms with E-state index in [1.54, 1.807) is 7.11 Å². The van der Waals surface area contributed by atoms with Crippen LogP contribution in [0.25, 0.3) is 0 Å². The van der Waals surface area contributed by atoms with Crippen LogP contribution in [0.4, 0.5) is 0 Å². The number of rotatable bonds is 9. The van der Waals surface area contributed by atoms with Crippen LogP contribution >= 0.6 is 0 Å². The van der Waals surface area contributed by atoms with E-state index < -0.39 is 0 Å². The largest absolute Gasteiger partial charge is 0.382 e. The molecule has 0 aliphatic rings. The fourth-order valence-electron chi connectivity index (χ4n) is 1.37. The Hall–Kier alpha value is -0.980. The summed E-state index contributed by atoms with van der Waals surface area (Å²) in [7, 11) is 1.66. The average molecular weight is 242 g/mol. The van der Waals surface area contributed by atoms with Gasteiger partial charge in [0, 0.05) is 20.3 Å². The van der Waals surface area contributed by atoms with Gasteiger partial charge < -0.3 is 15.2 Å². The van der Waals surface area contributed by atoms with Crippen molar-refractivity contribution in [3.63, 3.8) is 0 Å². The Morgan fingerprint density at radius 2 is 2.24 bits per heavy atom. The smallest absolute Gasteiger partial charge is 0.0993 e. The van der Waals surface area contributed by atoms with Gasteiger partial charge in [0.05, 0.1) is 31.1 Å². The van der Waals surface area contributed by atoms with E-state index in [0.717, 1.165) is 25.1 Å². The van der Waals surface area contributed by atoms with Gasteiger partial charge in [0.1, 0.15) is 0 Å². The van der Waals surface area contributed by atoms with Gasteiger partial charge in [-0.25, -0.2) is 0 Å². The minimum absolute atomic E-state index is 0.0123. The quantitative estimate of drug-likeness (QED) is 0.646. The Kier molecular flexibility index (Phi) is 6.76. The maximum Gasteiger partial charge on any atom is 0.0993 e. The maximum atomic E-state index is 5.86. The molecule has 0 bridgehead atoms. The van der Waals surface area contributed by atoms with Crippen molar-refractivity contribution in [3.8, 4) is 0 Å². The van der Waals surface area contributed by atoms with Gasteiger partial charge in [0.2, 0.25) is 0 Å². The molecule has 98 valence electrons. The van der Waals surface area contributed by atoms with Crippen molar-refractivity contribution in [1.29, 1.82) is 0 Å². The predicted molar refractivity (Wildman–Crippen MR) is 64.6 cm³/mol. The van der Waals surface area contributed by atoms with E-state index in [-0.39, 0.29) is 6.04 Å². The summed E-state index contributed by atoms with van der Waals surface area (Å²) >= 11 is 0. The number of hydrogen-bond donors (Lipinski definition) is 1. The molecule has 0 fully saturated rings. The molecule has 17 heavy (non-hydrogen) atoms. The number of hydrogen-bond acceptors (Lipinski definition) is 5. The summed E-state index contributed by atoms with van der Waals surface area (Å²) in [5.74, 6) is 0. The van der Waals surface area contributed by atoms with Crippen LogP contribution in [0.1, 0.15) is 31.5 Å². The van der Waals surface area contributed by atoms with Crippen LogP contribution in [-0.4, -0.2) is 41.9 Å². The highest BCUT2D eigenvalue weighted by Gasteiger charge is 2.07. The van der Waals surface area contributed by atoms with E-state index in [1.807, 2.05) is 17.8 Å². The van der Waals surface area contributed by atoms with E-state index >= 15 is 0 Å². The number of aromatic nitrogens is 3. The lowest BCUT2D eigenvalue weighted by atomic mass is 10.2. The van der Waals surface area contributed by atoms with Gasteiger partial charge in [-0.05, 0) is 12.8 Å². The third kappa shape index (κ3) is 5.25. The molecule has 6 heteroatoms. The van der Waals surface area contributed by atoms with Gasteiger partial charge in [0.25, 0.3) is 0 Å². The first-order valence-corrected chi connectivity index (χ1v) is 6.00. The standard InChI is InChI=1S/C11H22N4O2/c1-3-10(12)11-9-15(14-13-11)5-4-6-17-8-7-16-2/h9-10H,3-8,12H2,1-2H3. The van der Waals surface area contributed by atoms with Gasteiger partial charge in [0.15, 0.2) is 0 Å². The fourth-order valence-corrected chi connectivity index (χ4v) is 1.37. The fraction of sp³-hybridized carbons (Fsp3) is 0.818. The molecular weight excluding hydrogens is 220 g/mol. The van der Waals surface area contributed by atoms with Crippen molar-refractivity contribution in [2.75, 3.05) is 26.9 Å². The van der Waals surface area contributed by atoms with E-state index in [0.29, 0.717) is 19.8 Å². The number of nitrogens with zero attached hydrogens (tertiary/aromatic N) is 3. The Morgan fingerprint density at radius 1 is 1.41 bits per heavy atom. The first-order chi connectivity index (χ1) is 8.27. The molecule has 0 saturated carbocycles. The Bertz CT molecular complexity index is 303. The molecular formula is C11H22N4O2. The van der Waals surface area contributed by atoms with E-state index in [9.17, 15) is 0 Å². The van der Waals surface area contributed by atoms with Gasteiger partial charge in [-0.2, -0.15) is 0 Å². The monoisotopic (exact) mass is 242 g/mol. The molecule has 1 aromatic rings. The Labute approximate surface area is 102 Å². The topological polar surface area (TPSA) is 75.2 Å². The minimum atomic E-state index is -0.0123. The zero-order chi connectivity index (χ0) is 12.5. The summed E-state index contributed by atoms with van der Waals surface area (Å²) in [6, 6.07) is -0.0123. The molecule has 0 radical (unpaired) electrons. The first kappa shape index (κ1) is 14.1. The van der Waals surface area contributed by atoms with Gasteiger partial charge in [-0.3, -0.25) is 4.68 Å². The zero-order valence-electron chi connectivity index (χ0n) is 10.6. The normalized spacial score (nSPS) is 12.9. The SMILES string of the molecule is CCC(N)c1cn(CCCOCCOC)nn1. The molecule has 0 aliphatic carbocycles.